The summed E-state index contributed by atoms with van der Waals surface area (Å²) in [6, 6.07) is 4.32. The Morgan fingerprint density at radius 3 is 2.40 bits per heavy atom. The summed E-state index contributed by atoms with van der Waals surface area (Å²) in [5.74, 6) is -0.0574. The first-order chi connectivity index (χ1) is 9.29. The quantitative estimate of drug-likeness (QED) is 0.723. The molecule has 1 amide bonds. The molecule has 2 nitrogen and oxygen atoms in total. The zero-order valence-electron chi connectivity index (χ0n) is 11.0. The van der Waals surface area contributed by atoms with Crippen LogP contribution in [-0.4, -0.2) is 29.3 Å². The smallest absolute Gasteiger partial charge is 0.338 e. The lowest BCUT2D eigenvalue weighted by Crippen LogP contribution is -2.43. The molecule has 0 N–H and O–H groups in total. The summed E-state index contributed by atoms with van der Waals surface area (Å²) < 4.78 is 37.4. The van der Waals surface area contributed by atoms with Crippen LogP contribution in [0.2, 0.25) is 0 Å². The van der Waals surface area contributed by atoms with E-state index in [-0.39, 0.29) is 22.8 Å². The summed E-state index contributed by atoms with van der Waals surface area (Å²) in [4.78, 5) is 13.9. The molecule has 2 unspecified atom stereocenters. The Balaban J connectivity index is 2.10. The van der Waals surface area contributed by atoms with Crippen molar-refractivity contribution in [3.05, 3.63) is 35.4 Å². The summed E-state index contributed by atoms with van der Waals surface area (Å²) in [5.41, 5.74) is -0.472. The van der Waals surface area contributed by atoms with Crippen LogP contribution in [0.5, 0.6) is 0 Å². The first-order valence-electron chi connectivity index (χ1n) is 6.39. The molecule has 110 valence electrons. The molecule has 1 aromatic rings. The number of likely N-dealkylation sites (tertiary alicyclic amines) is 1. The fraction of sp³-hybridized carbons (Fsp3) is 0.500. The molecule has 0 aromatic heterocycles. The molecule has 1 aliphatic heterocycles. The third kappa shape index (κ3) is 3.26. The third-order valence-electron chi connectivity index (χ3n) is 3.55. The highest BCUT2D eigenvalue weighted by molar-refractivity contribution is 6.20. The molecule has 1 aromatic carbocycles. The highest BCUT2D eigenvalue weighted by atomic mass is 35.5. The number of benzene rings is 1. The van der Waals surface area contributed by atoms with Crippen molar-refractivity contribution < 1.29 is 18.0 Å². The molecular weight excluding hydrogens is 291 g/mol. The topological polar surface area (TPSA) is 20.3 Å². The number of carbonyl (C=O) groups excluding carboxylic acids is 1. The lowest BCUT2D eigenvalue weighted by atomic mass is 9.98. The van der Waals surface area contributed by atoms with E-state index in [0.717, 1.165) is 12.1 Å². The summed E-state index contributed by atoms with van der Waals surface area (Å²) in [6.07, 6.45) is -3.68. The monoisotopic (exact) mass is 305 g/mol. The number of hydrogen-bond donors (Lipinski definition) is 0. The van der Waals surface area contributed by atoms with E-state index >= 15 is 0 Å². The van der Waals surface area contributed by atoms with Gasteiger partial charge in [0.25, 0.3) is 5.91 Å². The van der Waals surface area contributed by atoms with Crippen molar-refractivity contribution in [3.63, 3.8) is 0 Å². The Bertz CT molecular complexity index is 486. The second-order valence-electron chi connectivity index (χ2n) is 5.11. The van der Waals surface area contributed by atoms with E-state index in [4.69, 9.17) is 11.6 Å². The van der Waals surface area contributed by atoms with Crippen molar-refractivity contribution >= 4 is 17.5 Å². The van der Waals surface area contributed by atoms with E-state index < -0.39 is 11.7 Å². The number of rotatable bonds is 1. The largest absolute Gasteiger partial charge is 0.416 e. The van der Waals surface area contributed by atoms with Crippen LogP contribution in [-0.2, 0) is 6.18 Å². The highest BCUT2D eigenvalue weighted by Gasteiger charge is 2.31. The van der Waals surface area contributed by atoms with Gasteiger partial charge in [0.15, 0.2) is 0 Å². The standard InChI is InChI=1S/C14H15ClF3NO/c1-9-8-19(7-6-12(9)15)13(20)10-2-4-11(5-3-10)14(16,17)18/h2-5,9,12H,6-8H2,1H3. The molecule has 6 heteroatoms. The lowest BCUT2D eigenvalue weighted by Gasteiger charge is -2.34. The highest BCUT2D eigenvalue weighted by Crippen LogP contribution is 2.29. The predicted molar refractivity (Wildman–Crippen MR) is 70.8 cm³/mol. The van der Waals surface area contributed by atoms with E-state index in [0.29, 0.717) is 19.5 Å². The number of halogens is 4. The van der Waals surface area contributed by atoms with Gasteiger partial charge in [-0.2, -0.15) is 13.2 Å². The molecule has 0 aliphatic carbocycles. The Kier molecular flexibility index (Phi) is 4.28. The van der Waals surface area contributed by atoms with Gasteiger partial charge in [-0.25, -0.2) is 0 Å². The minimum Gasteiger partial charge on any atom is -0.338 e. The van der Waals surface area contributed by atoms with Gasteiger partial charge in [-0.1, -0.05) is 6.92 Å². The van der Waals surface area contributed by atoms with Crippen LogP contribution < -0.4 is 0 Å². The maximum atomic E-state index is 12.5. The fourth-order valence-electron chi connectivity index (χ4n) is 2.29. The van der Waals surface area contributed by atoms with Crippen LogP contribution in [0.25, 0.3) is 0 Å². The average Bonchev–Trinajstić information content (AvgIpc) is 2.40. The van der Waals surface area contributed by atoms with Crippen LogP contribution in [0.3, 0.4) is 0 Å². The normalized spacial score (nSPS) is 23.8. The second kappa shape index (κ2) is 5.64. The molecule has 0 spiro atoms. The van der Waals surface area contributed by atoms with E-state index in [9.17, 15) is 18.0 Å². The van der Waals surface area contributed by atoms with Gasteiger partial charge in [-0.05, 0) is 36.6 Å². The van der Waals surface area contributed by atoms with Gasteiger partial charge in [-0.3, -0.25) is 4.79 Å². The average molecular weight is 306 g/mol. The summed E-state index contributed by atoms with van der Waals surface area (Å²) in [5, 5.41) is 0.0478. The molecule has 0 bridgehead atoms. The first kappa shape index (κ1) is 15.2. The molecular formula is C14H15ClF3NO. The maximum absolute atomic E-state index is 12.5. The predicted octanol–water partition coefficient (Wildman–Crippen LogP) is 3.79. The molecule has 1 saturated heterocycles. The molecule has 1 fully saturated rings. The fourth-order valence-corrected chi connectivity index (χ4v) is 2.46. The minimum atomic E-state index is -4.38. The van der Waals surface area contributed by atoms with Gasteiger partial charge >= 0.3 is 6.18 Å². The Hall–Kier alpha value is -1.23. The Morgan fingerprint density at radius 2 is 1.90 bits per heavy atom. The Morgan fingerprint density at radius 1 is 1.30 bits per heavy atom. The maximum Gasteiger partial charge on any atom is 0.416 e. The summed E-state index contributed by atoms with van der Waals surface area (Å²) >= 11 is 6.09. The van der Waals surface area contributed by atoms with Gasteiger partial charge in [0.05, 0.1) is 5.56 Å². The molecule has 20 heavy (non-hydrogen) atoms. The first-order valence-corrected chi connectivity index (χ1v) is 6.83. The van der Waals surface area contributed by atoms with Crippen LogP contribution in [0, 0.1) is 5.92 Å². The van der Waals surface area contributed by atoms with Crippen molar-refractivity contribution in [1.29, 1.82) is 0 Å². The Labute approximate surface area is 120 Å². The molecule has 1 aliphatic rings. The van der Waals surface area contributed by atoms with Crippen LogP contribution in [0.15, 0.2) is 24.3 Å². The van der Waals surface area contributed by atoms with Gasteiger partial charge < -0.3 is 4.90 Å². The van der Waals surface area contributed by atoms with E-state index in [1.54, 1.807) is 4.90 Å². The third-order valence-corrected chi connectivity index (χ3v) is 4.20. The van der Waals surface area contributed by atoms with Crippen molar-refractivity contribution in [3.8, 4) is 0 Å². The molecule has 2 atom stereocenters. The van der Waals surface area contributed by atoms with Crippen molar-refractivity contribution in [2.75, 3.05) is 13.1 Å². The zero-order chi connectivity index (χ0) is 14.9. The van der Waals surface area contributed by atoms with Gasteiger partial charge in [0.2, 0.25) is 0 Å². The minimum absolute atomic E-state index is 0.0478. The number of carbonyl (C=O) groups is 1. The van der Waals surface area contributed by atoms with Gasteiger partial charge in [0, 0.05) is 24.0 Å². The van der Waals surface area contributed by atoms with Crippen LogP contribution in [0.1, 0.15) is 29.3 Å². The number of hydrogen-bond acceptors (Lipinski definition) is 1. The van der Waals surface area contributed by atoms with Crippen molar-refractivity contribution in [2.24, 2.45) is 5.92 Å². The van der Waals surface area contributed by atoms with Crippen molar-refractivity contribution in [2.45, 2.75) is 24.9 Å². The van der Waals surface area contributed by atoms with Gasteiger partial charge in [-0.15, -0.1) is 11.6 Å². The zero-order valence-corrected chi connectivity index (χ0v) is 11.7. The molecule has 0 saturated carbocycles. The second-order valence-corrected chi connectivity index (χ2v) is 5.67. The van der Waals surface area contributed by atoms with E-state index in [2.05, 4.69) is 0 Å². The van der Waals surface area contributed by atoms with Crippen molar-refractivity contribution in [1.82, 2.24) is 4.90 Å². The molecule has 0 radical (unpaired) electrons. The van der Waals surface area contributed by atoms with E-state index in [1.165, 1.54) is 12.1 Å². The number of amides is 1. The number of alkyl halides is 4. The molecule has 1 heterocycles. The van der Waals surface area contributed by atoms with E-state index in [1.807, 2.05) is 6.92 Å². The van der Waals surface area contributed by atoms with Crippen LogP contribution in [0.4, 0.5) is 13.2 Å². The van der Waals surface area contributed by atoms with Crippen LogP contribution >= 0.6 is 11.6 Å². The molecule has 2 rings (SSSR count). The summed E-state index contributed by atoms with van der Waals surface area (Å²) in [7, 11) is 0. The number of piperidine rings is 1. The summed E-state index contributed by atoms with van der Waals surface area (Å²) in [6.45, 7) is 3.04. The number of nitrogens with zero attached hydrogens (tertiary/aromatic N) is 1. The lowest BCUT2D eigenvalue weighted by molar-refractivity contribution is -0.137. The SMILES string of the molecule is CC1CN(C(=O)c2ccc(C(F)(F)F)cc2)CCC1Cl. The van der Waals surface area contributed by atoms with Gasteiger partial charge in [0.1, 0.15) is 0 Å².